The summed E-state index contributed by atoms with van der Waals surface area (Å²) in [6.07, 6.45) is 3.79. The predicted octanol–water partition coefficient (Wildman–Crippen LogP) is 5.61. The summed E-state index contributed by atoms with van der Waals surface area (Å²) in [5.74, 6) is 0.796. The SMILES string of the molecule is CN1c2ccc3ccccc3c2C(C)(C)[C@]12C=Nc1c(ccc3ncccc13)O2. The minimum atomic E-state index is -0.692. The summed E-state index contributed by atoms with van der Waals surface area (Å²) < 4.78 is 6.80. The van der Waals surface area contributed by atoms with Gasteiger partial charge >= 0.3 is 0 Å². The molecule has 0 bridgehead atoms. The molecule has 0 amide bonds. The molecule has 142 valence electrons. The van der Waals surface area contributed by atoms with Crippen LogP contribution in [0.4, 0.5) is 11.4 Å². The van der Waals surface area contributed by atoms with E-state index in [2.05, 4.69) is 67.2 Å². The number of likely N-dealkylation sites (N-methyl/N-ethyl adjacent to an activating group) is 1. The van der Waals surface area contributed by atoms with E-state index in [1.807, 2.05) is 30.5 Å². The van der Waals surface area contributed by atoms with Gasteiger partial charge in [0.1, 0.15) is 11.4 Å². The lowest BCUT2D eigenvalue weighted by molar-refractivity contribution is 0.0831. The lowest BCUT2D eigenvalue weighted by Gasteiger charge is -2.45. The average Bonchev–Trinajstić information content (AvgIpc) is 2.92. The molecule has 0 aliphatic carbocycles. The Morgan fingerprint density at radius 1 is 0.897 bits per heavy atom. The van der Waals surface area contributed by atoms with Crippen LogP contribution in [0.1, 0.15) is 19.4 Å². The molecule has 0 N–H and O–H groups in total. The summed E-state index contributed by atoms with van der Waals surface area (Å²) in [5.41, 5.74) is 3.27. The summed E-state index contributed by atoms with van der Waals surface area (Å²) in [4.78, 5) is 11.6. The first-order chi connectivity index (χ1) is 14.0. The summed E-state index contributed by atoms with van der Waals surface area (Å²) >= 11 is 0. The maximum Gasteiger partial charge on any atom is 0.228 e. The van der Waals surface area contributed by atoms with Gasteiger partial charge in [-0.2, -0.15) is 0 Å². The van der Waals surface area contributed by atoms with Gasteiger partial charge in [-0.15, -0.1) is 0 Å². The second-order valence-electron chi connectivity index (χ2n) is 8.40. The highest BCUT2D eigenvalue weighted by Crippen LogP contribution is 2.55. The fraction of sp³-hybridized carbons (Fsp3) is 0.200. The standard InChI is InChI=1S/C25H21N3O/c1-24(2)22-17-8-5-4-7-16(17)10-12-20(22)28(3)25(24)15-27-23-18-9-6-14-26-19(18)11-13-21(23)29-25/h4-15H,1-3H3/t25-/m1/s1. The molecular formula is C25H21N3O. The van der Waals surface area contributed by atoms with E-state index in [9.17, 15) is 0 Å². The van der Waals surface area contributed by atoms with Crippen LogP contribution in [0, 0.1) is 0 Å². The van der Waals surface area contributed by atoms with Gasteiger partial charge in [-0.05, 0) is 60.5 Å². The van der Waals surface area contributed by atoms with E-state index < -0.39 is 5.72 Å². The van der Waals surface area contributed by atoms with Gasteiger partial charge < -0.3 is 9.64 Å². The maximum absolute atomic E-state index is 6.80. The van der Waals surface area contributed by atoms with Crippen LogP contribution >= 0.6 is 0 Å². The highest BCUT2D eigenvalue weighted by atomic mass is 16.5. The van der Waals surface area contributed by atoms with Crippen LogP contribution in [0.2, 0.25) is 0 Å². The van der Waals surface area contributed by atoms with Crippen LogP contribution in [-0.2, 0) is 5.41 Å². The highest BCUT2D eigenvalue weighted by molar-refractivity contribution is 6.01. The van der Waals surface area contributed by atoms with Crippen molar-refractivity contribution in [1.82, 2.24) is 4.98 Å². The largest absolute Gasteiger partial charge is 0.459 e. The third-order valence-corrected chi connectivity index (χ3v) is 6.64. The zero-order valence-electron chi connectivity index (χ0n) is 16.7. The van der Waals surface area contributed by atoms with Crippen molar-refractivity contribution in [3.8, 4) is 5.75 Å². The number of nitrogens with zero attached hydrogens (tertiary/aromatic N) is 3. The monoisotopic (exact) mass is 379 g/mol. The van der Waals surface area contributed by atoms with Crippen LogP contribution in [0.15, 0.2) is 71.9 Å². The van der Waals surface area contributed by atoms with Crippen molar-refractivity contribution in [2.24, 2.45) is 4.99 Å². The normalized spacial score (nSPS) is 21.4. The number of aromatic nitrogens is 1. The molecule has 4 heteroatoms. The first-order valence-corrected chi connectivity index (χ1v) is 9.91. The molecule has 3 heterocycles. The van der Waals surface area contributed by atoms with Gasteiger partial charge in [0.15, 0.2) is 0 Å². The van der Waals surface area contributed by atoms with Crippen molar-refractivity contribution in [3.05, 3.63) is 72.4 Å². The molecule has 2 aliphatic rings. The molecular weight excluding hydrogens is 358 g/mol. The molecule has 0 radical (unpaired) electrons. The summed E-state index contributed by atoms with van der Waals surface area (Å²) in [5, 5.41) is 3.52. The van der Waals surface area contributed by atoms with Crippen molar-refractivity contribution in [2.75, 3.05) is 11.9 Å². The number of hydrogen-bond donors (Lipinski definition) is 0. The Hall–Kier alpha value is -3.40. The number of ether oxygens (including phenoxy) is 1. The quantitative estimate of drug-likeness (QED) is 0.399. The molecule has 1 spiro atoms. The van der Waals surface area contributed by atoms with E-state index in [0.717, 1.165) is 22.3 Å². The van der Waals surface area contributed by atoms with Crippen LogP contribution in [0.5, 0.6) is 5.75 Å². The van der Waals surface area contributed by atoms with Crippen molar-refractivity contribution in [2.45, 2.75) is 25.0 Å². The molecule has 4 aromatic rings. The van der Waals surface area contributed by atoms with Gasteiger partial charge in [-0.3, -0.25) is 9.98 Å². The Morgan fingerprint density at radius 3 is 2.62 bits per heavy atom. The first kappa shape index (κ1) is 16.5. The van der Waals surface area contributed by atoms with Crippen molar-refractivity contribution < 1.29 is 4.74 Å². The van der Waals surface area contributed by atoms with Gasteiger partial charge in [0.05, 0.1) is 17.1 Å². The molecule has 0 fully saturated rings. The number of benzene rings is 3. The molecule has 0 saturated carbocycles. The highest BCUT2D eigenvalue weighted by Gasteiger charge is 2.59. The molecule has 6 rings (SSSR count). The summed E-state index contributed by atoms with van der Waals surface area (Å²) in [7, 11) is 2.10. The summed E-state index contributed by atoms with van der Waals surface area (Å²) in [6, 6.07) is 20.9. The van der Waals surface area contributed by atoms with E-state index in [1.54, 1.807) is 6.20 Å². The van der Waals surface area contributed by atoms with Gasteiger partial charge in [0.2, 0.25) is 5.72 Å². The van der Waals surface area contributed by atoms with E-state index in [-0.39, 0.29) is 5.41 Å². The number of rotatable bonds is 0. The van der Waals surface area contributed by atoms with E-state index in [1.165, 1.54) is 22.0 Å². The zero-order chi connectivity index (χ0) is 19.8. The number of fused-ring (bicyclic) bond motifs is 6. The third-order valence-electron chi connectivity index (χ3n) is 6.64. The van der Waals surface area contributed by atoms with Crippen LogP contribution in [0.25, 0.3) is 21.7 Å². The second-order valence-corrected chi connectivity index (χ2v) is 8.40. The smallest absolute Gasteiger partial charge is 0.228 e. The summed E-state index contributed by atoms with van der Waals surface area (Å²) in [6.45, 7) is 4.50. The van der Waals surface area contributed by atoms with Crippen LogP contribution in [0.3, 0.4) is 0 Å². The molecule has 2 aliphatic heterocycles. The van der Waals surface area contributed by atoms with Gasteiger partial charge in [-0.1, -0.05) is 30.3 Å². The van der Waals surface area contributed by atoms with E-state index >= 15 is 0 Å². The third kappa shape index (κ3) is 1.93. The average molecular weight is 379 g/mol. The van der Waals surface area contributed by atoms with Gasteiger partial charge in [0, 0.05) is 24.3 Å². The Kier molecular flexibility index (Phi) is 3.05. The van der Waals surface area contributed by atoms with Gasteiger partial charge in [0.25, 0.3) is 0 Å². The van der Waals surface area contributed by atoms with E-state index in [4.69, 9.17) is 9.73 Å². The zero-order valence-corrected chi connectivity index (χ0v) is 16.7. The first-order valence-electron chi connectivity index (χ1n) is 9.91. The fourth-order valence-electron chi connectivity index (χ4n) is 5.10. The molecule has 0 saturated heterocycles. The Bertz CT molecular complexity index is 1340. The minimum Gasteiger partial charge on any atom is -0.459 e. The van der Waals surface area contributed by atoms with Crippen LogP contribution in [-0.4, -0.2) is 24.0 Å². The molecule has 4 nitrogen and oxygen atoms in total. The number of pyridine rings is 1. The maximum atomic E-state index is 6.80. The van der Waals surface area contributed by atoms with Crippen molar-refractivity contribution in [3.63, 3.8) is 0 Å². The topological polar surface area (TPSA) is 37.7 Å². The molecule has 3 aromatic carbocycles. The Balaban J connectivity index is 1.59. The Morgan fingerprint density at radius 2 is 1.72 bits per heavy atom. The lowest BCUT2D eigenvalue weighted by Crippen LogP contribution is -2.61. The number of anilines is 1. The van der Waals surface area contributed by atoms with E-state index in [0.29, 0.717) is 0 Å². The predicted molar refractivity (Wildman–Crippen MR) is 119 cm³/mol. The molecule has 1 atom stereocenters. The fourth-order valence-corrected chi connectivity index (χ4v) is 5.10. The van der Waals surface area contributed by atoms with Crippen LogP contribution < -0.4 is 9.64 Å². The Labute approximate surface area is 169 Å². The molecule has 0 unspecified atom stereocenters. The van der Waals surface area contributed by atoms with Crippen molar-refractivity contribution >= 4 is 39.3 Å². The number of aliphatic imine (C=N–C) groups is 1. The molecule has 1 aromatic heterocycles. The second kappa shape index (κ2) is 5.35. The minimum absolute atomic E-state index is 0.303. The van der Waals surface area contributed by atoms with Gasteiger partial charge in [-0.25, -0.2) is 0 Å². The number of hydrogen-bond acceptors (Lipinski definition) is 4. The lowest BCUT2D eigenvalue weighted by atomic mass is 9.76. The van der Waals surface area contributed by atoms with Crippen molar-refractivity contribution in [1.29, 1.82) is 0 Å². The molecule has 29 heavy (non-hydrogen) atoms.